The topological polar surface area (TPSA) is 54.9 Å². The standard InChI is InChI=1S/C12H11N2O2/c15-12(11-2-1-5-14-8-11)16-9-10-3-6-13-7-4-10/h1-8,12H,9H2. The van der Waals surface area contributed by atoms with Crippen LogP contribution in [-0.4, -0.2) is 9.97 Å². The third-order valence-corrected chi connectivity index (χ3v) is 2.11. The highest BCUT2D eigenvalue weighted by Gasteiger charge is 2.09. The molecule has 2 rings (SSSR count). The van der Waals surface area contributed by atoms with Crippen molar-refractivity contribution in [3.63, 3.8) is 0 Å². The van der Waals surface area contributed by atoms with Crippen LogP contribution in [-0.2, 0) is 16.5 Å². The number of nitrogens with zero attached hydrogens (tertiary/aromatic N) is 2. The van der Waals surface area contributed by atoms with Crippen molar-refractivity contribution in [3.05, 3.63) is 60.2 Å². The van der Waals surface area contributed by atoms with Gasteiger partial charge in [0.05, 0.1) is 6.61 Å². The minimum absolute atomic E-state index is 0.283. The number of rotatable bonds is 4. The van der Waals surface area contributed by atoms with Gasteiger partial charge in [0.25, 0.3) is 0 Å². The van der Waals surface area contributed by atoms with Crippen molar-refractivity contribution in [2.45, 2.75) is 12.9 Å². The van der Waals surface area contributed by atoms with Gasteiger partial charge in [-0.25, -0.2) is 0 Å². The predicted octanol–water partition coefficient (Wildman–Crippen LogP) is 2.12. The van der Waals surface area contributed by atoms with Crippen LogP contribution in [0.25, 0.3) is 0 Å². The van der Waals surface area contributed by atoms with Gasteiger partial charge < -0.3 is 4.74 Å². The molecule has 0 saturated heterocycles. The van der Waals surface area contributed by atoms with E-state index in [2.05, 4.69) is 9.97 Å². The van der Waals surface area contributed by atoms with Crippen LogP contribution < -0.4 is 0 Å². The Kier molecular flexibility index (Phi) is 3.58. The summed E-state index contributed by atoms with van der Waals surface area (Å²) < 4.78 is 5.19. The second-order valence-corrected chi connectivity index (χ2v) is 3.28. The Hall–Kier alpha value is -1.78. The lowest BCUT2D eigenvalue weighted by Crippen LogP contribution is -2.02. The molecule has 81 valence electrons. The van der Waals surface area contributed by atoms with Gasteiger partial charge in [-0.3, -0.25) is 9.97 Å². The van der Waals surface area contributed by atoms with Gasteiger partial charge in [-0.2, -0.15) is 5.11 Å². The van der Waals surface area contributed by atoms with Gasteiger partial charge in [-0.05, 0) is 23.8 Å². The molecule has 16 heavy (non-hydrogen) atoms. The Morgan fingerprint density at radius 2 is 1.94 bits per heavy atom. The van der Waals surface area contributed by atoms with Gasteiger partial charge in [-0.15, -0.1) is 0 Å². The molecule has 0 saturated carbocycles. The van der Waals surface area contributed by atoms with E-state index in [0.29, 0.717) is 5.56 Å². The molecule has 0 N–H and O–H groups in total. The molecule has 2 aromatic rings. The molecule has 2 heterocycles. The molecule has 0 amide bonds. The van der Waals surface area contributed by atoms with Gasteiger partial charge in [0, 0.05) is 30.4 Å². The smallest absolute Gasteiger partial charge is 0.219 e. The Morgan fingerprint density at radius 1 is 1.12 bits per heavy atom. The molecule has 0 aliphatic carbocycles. The zero-order valence-corrected chi connectivity index (χ0v) is 8.61. The maximum atomic E-state index is 11.6. The molecule has 1 radical (unpaired) electrons. The van der Waals surface area contributed by atoms with E-state index in [1.165, 1.54) is 6.20 Å². The Balaban J connectivity index is 1.92. The first-order valence-electron chi connectivity index (χ1n) is 4.92. The highest BCUT2D eigenvalue weighted by Crippen LogP contribution is 2.15. The average molecular weight is 215 g/mol. The summed E-state index contributed by atoms with van der Waals surface area (Å²) in [5.41, 5.74) is 1.47. The van der Waals surface area contributed by atoms with Crippen LogP contribution in [0.3, 0.4) is 0 Å². The molecule has 0 bridgehead atoms. The number of ether oxygens (including phenoxy) is 1. The Morgan fingerprint density at radius 3 is 2.62 bits per heavy atom. The van der Waals surface area contributed by atoms with E-state index >= 15 is 0 Å². The fourth-order valence-electron chi connectivity index (χ4n) is 1.26. The number of hydrogen-bond acceptors (Lipinski definition) is 3. The van der Waals surface area contributed by atoms with Crippen LogP contribution in [0.2, 0.25) is 0 Å². The van der Waals surface area contributed by atoms with Crippen LogP contribution in [0.15, 0.2) is 49.1 Å². The summed E-state index contributed by atoms with van der Waals surface area (Å²) in [5.74, 6) is 0. The summed E-state index contributed by atoms with van der Waals surface area (Å²) in [7, 11) is 0. The minimum atomic E-state index is -1.19. The molecule has 4 nitrogen and oxygen atoms in total. The van der Waals surface area contributed by atoms with Gasteiger partial charge in [0.15, 0.2) is 0 Å². The summed E-state index contributed by atoms with van der Waals surface area (Å²) in [4.78, 5) is 7.76. The normalized spacial score (nSPS) is 12.3. The molecule has 1 atom stereocenters. The van der Waals surface area contributed by atoms with Crippen molar-refractivity contribution in [3.8, 4) is 0 Å². The van der Waals surface area contributed by atoms with E-state index in [1.807, 2.05) is 12.1 Å². The maximum Gasteiger partial charge on any atom is 0.219 e. The zero-order valence-electron chi connectivity index (χ0n) is 8.61. The minimum Gasteiger partial charge on any atom is -0.341 e. The molecule has 4 heteroatoms. The van der Waals surface area contributed by atoms with E-state index in [1.54, 1.807) is 30.7 Å². The van der Waals surface area contributed by atoms with E-state index in [9.17, 15) is 5.11 Å². The van der Waals surface area contributed by atoms with Crippen molar-refractivity contribution >= 4 is 0 Å². The van der Waals surface area contributed by atoms with E-state index in [4.69, 9.17) is 4.74 Å². The lowest BCUT2D eigenvalue weighted by Gasteiger charge is -2.09. The number of pyridine rings is 2. The first-order valence-corrected chi connectivity index (χ1v) is 4.92. The summed E-state index contributed by atoms with van der Waals surface area (Å²) in [6, 6.07) is 7.05. The molecule has 0 aromatic carbocycles. The lowest BCUT2D eigenvalue weighted by molar-refractivity contribution is -0.152. The van der Waals surface area contributed by atoms with Gasteiger partial charge in [-0.1, -0.05) is 6.07 Å². The molecule has 0 spiro atoms. The zero-order chi connectivity index (χ0) is 11.2. The molecule has 2 aromatic heterocycles. The van der Waals surface area contributed by atoms with Crippen LogP contribution >= 0.6 is 0 Å². The highest BCUT2D eigenvalue weighted by atomic mass is 16.6. The Bertz CT molecular complexity index is 420. The summed E-state index contributed by atoms with van der Waals surface area (Å²) in [6.45, 7) is 0.283. The molecule has 0 fully saturated rings. The fraction of sp³-hybridized carbons (Fsp3) is 0.167. The summed E-state index contributed by atoms with van der Waals surface area (Å²) >= 11 is 0. The SMILES string of the molecule is [O]C(OCc1ccncc1)c1cccnc1. The highest BCUT2D eigenvalue weighted by molar-refractivity contribution is 5.11. The van der Waals surface area contributed by atoms with E-state index in [-0.39, 0.29) is 6.61 Å². The van der Waals surface area contributed by atoms with Crippen molar-refractivity contribution < 1.29 is 9.84 Å². The number of aromatic nitrogens is 2. The third-order valence-electron chi connectivity index (χ3n) is 2.11. The van der Waals surface area contributed by atoms with Crippen LogP contribution in [0.4, 0.5) is 0 Å². The first kappa shape index (κ1) is 10.7. The van der Waals surface area contributed by atoms with Crippen LogP contribution in [0.5, 0.6) is 0 Å². The van der Waals surface area contributed by atoms with Gasteiger partial charge >= 0.3 is 0 Å². The van der Waals surface area contributed by atoms with E-state index in [0.717, 1.165) is 5.56 Å². The quantitative estimate of drug-likeness (QED) is 0.734. The molecular weight excluding hydrogens is 204 g/mol. The fourth-order valence-corrected chi connectivity index (χ4v) is 1.26. The van der Waals surface area contributed by atoms with Crippen molar-refractivity contribution in [2.75, 3.05) is 0 Å². The lowest BCUT2D eigenvalue weighted by atomic mass is 10.2. The van der Waals surface area contributed by atoms with Crippen molar-refractivity contribution in [2.24, 2.45) is 0 Å². The van der Waals surface area contributed by atoms with Crippen molar-refractivity contribution in [1.82, 2.24) is 9.97 Å². The molecular formula is C12H11N2O2. The first-order chi connectivity index (χ1) is 7.86. The summed E-state index contributed by atoms with van der Waals surface area (Å²) in [6.07, 6.45) is 5.29. The molecule has 0 aliphatic rings. The predicted molar refractivity (Wildman–Crippen MR) is 56.7 cm³/mol. The molecule has 1 unspecified atom stereocenters. The largest absolute Gasteiger partial charge is 0.341 e. The average Bonchev–Trinajstić information content (AvgIpc) is 2.38. The Labute approximate surface area is 93.6 Å². The van der Waals surface area contributed by atoms with Gasteiger partial charge in [0.2, 0.25) is 6.29 Å². The molecule has 0 aliphatic heterocycles. The van der Waals surface area contributed by atoms with Gasteiger partial charge in [0.1, 0.15) is 0 Å². The number of hydrogen-bond donors (Lipinski definition) is 0. The summed E-state index contributed by atoms with van der Waals surface area (Å²) in [5, 5.41) is 11.6. The second-order valence-electron chi connectivity index (χ2n) is 3.28. The third kappa shape index (κ3) is 2.85. The van der Waals surface area contributed by atoms with E-state index < -0.39 is 6.29 Å². The van der Waals surface area contributed by atoms with Crippen LogP contribution in [0, 0.1) is 0 Å². The van der Waals surface area contributed by atoms with Crippen molar-refractivity contribution in [1.29, 1.82) is 0 Å². The monoisotopic (exact) mass is 215 g/mol. The van der Waals surface area contributed by atoms with Crippen LogP contribution in [0.1, 0.15) is 17.4 Å². The second kappa shape index (κ2) is 5.34. The maximum absolute atomic E-state index is 11.6.